The van der Waals surface area contributed by atoms with Crippen LogP contribution in [0.15, 0.2) is 59.4 Å². The molecule has 0 bridgehead atoms. The van der Waals surface area contributed by atoms with Gasteiger partial charge in [0.05, 0.1) is 13.2 Å². The number of morpholine rings is 1. The minimum absolute atomic E-state index is 0.236. The monoisotopic (exact) mass is 352 g/mol. The van der Waals surface area contributed by atoms with Crippen molar-refractivity contribution in [2.75, 3.05) is 26.3 Å². The molecular formula is C20H17FN2O3. The van der Waals surface area contributed by atoms with Crippen molar-refractivity contribution in [2.45, 2.75) is 0 Å². The van der Waals surface area contributed by atoms with Gasteiger partial charge < -0.3 is 9.64 Å². The maximum atomic E-state index is 13.3. The normalized spacial score (nSPS) is 14.6. The molecule has 132 valence electrons. The van der Waals surface area contributed by atoms with Crippen LogP contribution < -0.4 is 5.56 Å². The fourth-order valence-electron chi connectivity index (χ4n) is 3.19. The van der Waals surface area contributed by atoms with Crippen LogP contribution in [0.4, 0.5) is 4.39 Å². The predicted molar refractivity (Wildman–Crippen MR) is 96.2 cm³/mol. The first-order valence-electron chi connectivity index (χ1n) is 8.43. The fraction of sp³-hybridized carbons (Fsp3) is 0.200. The SMILES string of the molecule is O=C(c1cc2ccccc2c(=O)n1-c1ccc(F)cc1)N1CCOCC1. The Morgan fingerprint density at radius 2 is 1.69 bits per heavy atom. The number of fused-ring (bicyclic) bond motifs is 1. The number of benzene rings is 2. The van der Waals surface area contributed by atoms with Crippen LogP contribution in [0.3, 0.4) is 0 Å². The minimum Gasteiger partial charge on any atom is -0.378 e. The van der Waals surface area contributed by atoms with Crippen LogP contribution in [0.5, 0.6) is 0 Å². The Kier molecular flexibility index (Phi) is 4.26. The Bertz CT molecular complexity index is 1020. The minimum atomic E-state index is -0.399. The van der Waals surface area contributed by atoms with Gasteiger partial charge in [0.25, 0.3) is 11.5 Å². The number of aromatic nitrogens is 1. The Balaban J connectivity index is 1.94. The van der Waals surface area contributed by atoms with Crippen molar-refractivity contribution in [1.82, 2.24) is 9.47 Å². The van der Waals surface area contributed by atoms with Crippen molar-refractivity contribution in [3.63, 3.8) is 0 Å². The van der Waals surface area contributed by atoms with Gasteiger partial charge in [0.2, 0.25) is 0 Å². The molecule has 1 aliphatic heterocycles. The average molecular weight is 352 g/mol. The topological polar surface area (TPSA) is 51.5 Å². The van der Waals surface area contributed by atoms with Crippen molar-refractivity contribution < 1.29 is 13.9 Å². The molecule has 1 saturated heterocycles. The molecule has 26 heavy (non-hydrogen) atoms. The van der Waals surface area contributed by atoms with E-state index in [0.717, 1.165) is 0 Å². The molecule has 2 aromatic carbocycles. The number of carbonyl (C=O) groups excluding carboxylic acids is 1. The first-order valence-corrected chi connectivity index (χ1v) is 8.43. The highest BCUT2D eigenvalue weighted by atomic mass is 19.1. The van der Waals surface area contributed by atoms with Gasteiger partial charge in [-0.1, -0.05) is 18.2 Å². The first kappa shape index (κ1) is 16.5. The summed E-state index contributed by atoms with van der Waals surface area (Å²) in [6.07, 6.45) is 0. The zero-order valence-electron chi connectivity index (χ0n) is 14.0. The number of amides is 1. The molecule has 4 rings (SSSR count). The van der Waals surface area contributed by atoms with E-state index in [1.165, 1.54) is 28.8 Å². The van der Waals surface area contributed by atoms with E-state index in [0.29, 0.717) is 42.8 Å². The number of rotatable bonds is 2. The summed E-state index contributed by atoms with van der Waals surface area (Å²) >= 11 is 0. The number of hydrogen-bond acceptors (Lipinski definition) is 3. The van der Waals surface area contributed by atoms with Crippen molar-refractivity contribution in [3.8, 4) is 5.69 Å². The lowest BCUT2D eigenvalue weighted by atomic mass is 10.1. The van der Waals surface area contributed by atoms with Crippen LogP contribution in [0.25, 0.3) is 16.5 Å². The molecular weight excluding hydrogens is 335 g/mol. The van der Waals surface area contributed by atoms with Crippen molar-refractivity contribution >= 4 is 16.7 Å². The maximum Gasteiger partial charge on any atom is 0.271 e. The van der Waals surface area contributed by atoms with E-state index in [2.05, 4.69) is 0 Å². The first-order chi connectivity index (χ1) is 12.6. The van der Waals surface area contributed by atoms with Gasteiger partial charge >= 0.3 is 0 Å². The van der Waals surface area contributed by atoms with Gasteiger partial charge in [-0.2, -0.15) is 0 Å². The van der Waals surface area contributed by atoms with Crippen molar-refractivity contribution in [1.29, 1.82) is 0 Å². The number of ether oxygens (including phenoxy) is 1. The highest BCUT2D eigenvalue weighted by Crippen LogP contribution is 2.18. The van der Waals surface area contributed by atoms with Gasteiger partial charge in [-0.05, 0) is 41.8 Å². The molecule has 1 aliphatic rings. The third-order valence-electron chi connectivity index (χ3n) is 4.53. The second kappa shape index (κ2) is 6.72. The molecule has 0 aliphatic carbocycles. The lowest BCUT2D eigenvalue weighted by Crippen LogP contribution is -2.42. The van der Waals surface area contributed by atoms with Crippen LogP contribution in [0, 0.1) is 5.82 Å². The molecule has 0 saturated carbocycles. The molecule has 0 radical (unpaired) electrons. The summed E-state index contributed by atoms with van der Waals surface area (Å²) in [5.41, 5.74) is 0.423. The number of carbonyl (C=O) groups is 1. The smallest absolute Gasteiger partial charge is 0.271 e. The molecule has 3 aromatic rings. The van der Waals surface area contributed by atoms with Gasteiger partial charge in [-0.25, -0.2) is 4.39 Å². The van der Waals surface area contributed by atoms with Crippen LogP contribution in [0.2, 0.25) is 0 Å². The summed E-state index contributed by atoms with van der Waals surface area (Å²) in [5, 5.41) is 1.21. The zero-order chi connectivity index (χ0) is 18.1. The van der Waals surface area contributed by atoms with E-state index < -0.39 is 5.82 Å². The number of nitrogens with zero attached hydrogens (tertiary/aromatic N) is 2. The van der Waals surface area contributed by atoms with Crippen molar-refractivity contribution in [2.24, 2.45) is 0 Å². The third-order valence-corrected chi connectivity index (χ3v) is 4.53. The molecule has 0 unspecified atom stereocenters. The predicted octanol–water partition coefficient (Wildman–Crippen LogP) is 2.60. The van der Waals surface area contributed by atoms with Crippen LogP contribution >= 0.6 is 0 Å². The largest absolute Gasteiger partial charge is 0.378 e. The summed E-state index contributed by atoms with van der Waals surface area (Å²) in [7, 11) is 0. The van der Waals surface area contributed by atoms with E-state index >= 15 is 0 Å². The molecule has 1 amide bonds. The molecule has 0 N–H and O–H groups in total. The zero-order valence-corrected chi connectivity index (χ0v) is 14.0. The van der Waals surface area contributed by atoms with E-state index in [4.69, 9.17) is 4.74 Å². The number of pyridine rings is 1. The van der Waals surface area contributed by atoms with Gasteiger partial charge in [0.15, 0.2) is 0 Å². The Labute approximate surface area is 149 Å². The summed E-state index contributed by atoms with van der Waals surface area (Å²) in [6, 6.07) is 14.4. The quantitative estimate of drug-likeness (QED) is 0.712. The van der Waals surface area contributed by atoms with Gasteiger partial charge in [0, 0.05) is 24.2 Å². The van der Waals surface area contributed by atoms with Crippen LogP contribution in [-0.4, -0.2) is 41.7 Å². The summed E-state index contributed by atoms with van der Waals surface area (Å²) in [4.78, 5) is 27.9. The highest BCUT2D eigenvalue weighted by Gasteiger charge is 2.23. The fourth-order valence-corrected chi connectivity index (χ4v) is 3.19. The Hall–Kier alpha value is -2.99. The third kappa shape index (κ3) is 2.88. The summed E-state index contributed by atoms with van der Waals surface area (Å²) in [6.45, 7) is 1.90. The second-order valence-corrected chi connectivity index (χ2v) is 6.14. The van der Waals surface area contributed by atoms with E-state index in [9.17, 15) is 14.0 Å². The Morgan fingerprint density at radius 3 is 2.42 bits per heavy atom. The average Bonchev–Trinajstić information content (AvgIpc) is 2.69. The van der Waals surface area contributed by atoms with Crippen molar-refractivity contribution in [3.05, 3.63) is 76.5 Å². The summed E-state index contributed by atoms with van der Waals surface area (Å²) < 4.78 is 20.0. The molecule has 1 aromatic heterocycles. The number of halogens is 1. The van der Waals surface area contributed by atoms with Gasteiger partial charge in [-0.15, -0.1) is 0 Å². The standard InChI is InChI=1S/C20H17FN2O3/c21-15-5-7-16(8-6-15)23-18(20(25)22-9-11-26-12-10-22)13-14-3-1-2-4-17(14)19(23)24/h1-8,13H,9-12H2. The molecule has 2 heterocycles. The molecule has 0 spiro atoms. The second-order valence-electron chi connectivity index (χ2n) is 6.14. The molecule has 1 fully saturated rings. The van der Waals surface area contributed by atoms with E-state index in [1.807, 2.05) is 12.1 Å². The van der Waals surface area contributed by atoms with E-state index in [-0.39, 0.29) is 17.2 Å². The lowest BCUT2D eigenvalue weighted by molar-refractivity contribution is 0.0297. The maximum absolute atomic E-state index is 13.3. The lowest BCUT2D eigenvalue weighted by Gasteiger charge is -2.28. The Morgan fingerprint density at radius 1 is 1.00 bits per heavy atom. The number of hydrogen-bond donors (Lipinski definition) is 0. The van der Waals surface area contributed by atoms with Crippen LogP contribution in [-0.2, 0) is 4.74 Å². The van der Waals surface area contributed by atoms with Crippen LogP contribution in [0.1, 0.15) is 10.5 Å². The molecule has 5 nitrogen and oxygen atoms in total. The van der Waals surface area contributed by atoms with Gasteiger partial charge in [0.1, 0.15) is 11.5 Å². The van der Waals surface area contributed by atoms with E-state index in [1.54, 1.807) is 23.1 Å². The molecule has 0 atom stereocenters. The highest BCUT2D eigenvalue weighted by molar-refractivity contribution is 5.97. The molecule has 6 heteroatoms. The van der Waals surface area contributed by atoms with Gasteiger partial charge in [-0.3, -0.25) is 14.2 Å². The summed E-state index contributed by atoms with van der Waals surface area (Å²) in [5.74, 6) is -0.635.